The van der Waals surface area contributed by atoms with E-state index in [1.165, 1.54) is 24.0 Å². The third-order valence-corrected chi connectivity index (χ3v) is 3.02. The second-order valence-corrected chi connectivity index (χ2v) is 3.90. The van der Waals surface area contributed by atoms with Crippen LogP contribution in [0.1, 0.15) is 30.0 Å². The number of nitrogens with zero attached hydrogens (tertiary/aromatic N) is 4. The quantitative estimate of drug-likeness (QED) is 0.702. The van der Waals surface area contributed by atoms with E-state index >= 15 is 0 Å². The highest BCUT2D eigenvalue weighted by molar-refractivity contribution is 5.32. The van der Waals surface area contributed by atoms with Crippen LogP contribution < -0.4 is 0 Å². The fraction of sp³-hybridized carbons (Fsp3) is 0.364. The molecule has 76 valence electrons. The molecule has 15 heavy (non-hydrogen) atoms. The molecule has 4 heteroatoms. The summed E-state index contributed by atoms with van der Waals surface area (Å²) < 4.78 is 1.86. The van der Waals surface area contributed by atoms with Crippen molar-refractivity contribution in [1.29, 1.82) is 0 Å². The van der Waals surface area contributed by atoms with Gasteiger partial charge in [-0.05, 0) is 40.8 Å². The van der Waals surface area contributed by atoms with Crippen molar-refractivity contribution in [2.75, 3.05) is 0 Å². The molecule has 0 aliphatic heterocycles. The number of rotatable bonds is 1. The number of tetrazole rings is 1. The predicted molar refractivity (Wildman–Crippen MR) is 55.3 cm³/mol. The van der Waals surface area contributed by atoms with Crippen molar-refractivity contribution in [3.05, 3.63) is 41.7 Å². The first-order valence-corrected chi connectivity index (χ1v) is 5.25. The Kier molecular flexibility index (Phi) is 1.98. The average molecular weight is 200 g/mol. The van der Waals surface area contributed by atoms with Crippen LogP contribution in [0.15, 0.2) is 30.6 Å². The molecule has 1 heterocycles. The van der Waals surface area contributed by atoms with E-state index < -0.39 is 0 Å². The minimum Gasteiger partial charge on any atom is -0.225 e. The summed E-state index contributed by atoms with van der Waals surface area (Å²) in [6.07, 6.45) is 5.21. The lowest BCUT2D eigenvalue weighted by Crippen LogP contribution is -2.17. The Balaban J connectivity index is 2.06. The molecule has 0 amide bonds. The van der Waals surface area contributed by atoms with Gasteiger partial charge in [0.25, 0.3) is 0 Å². The van der Waals surface area contributed by atoms with Gasteiger partial charge in [0.15, 0.2) is 0 Å². The molecule has 1 atom stereocenters. The number of aromatic nitrogens is 4. The maximum Gasteiger partial charge on any atom is 0.138 e. The molecule has 1 aliphatic carbocycles. The van der Waals surface area contributed by atoms with Crippen LogP contribution in [-0.4, -0.2) is 20.2 Å². The number of hydrogen-bond acceptors (Lipinski definition) is 3. The van der Waals surface area contributed by atoms with E-state index in [1.54, 1.807) is 6.33 Å². The summed E-state index contributed by atoms with van der Waals surface area (Å²) in [5.41, 5.74) is 2.81. The maximum atomic E-state index is 3.99. The molecule has 1 aliphatic rings. The van der Waals surface area contributed by atoms with Gasteiger partial charge in [0.1, 0.15) is 6.33 Å². The van der Waals surface area contributed by atoms with Crippen LogP contribution in [0.4, 0.5) is 0 Å². The molecule has 2 aromatic rings. The molecule has 0 spiro atoms. The molecule has 0 bridgehead atoms. The molecule has 1 unspecified atom stereocenters. The molecule has 3 rings (SSSR count). The highest BCUT2D eigenvalue weighted by Crippen LogP contribution is 2.31. The first-order valence-electron chi connectivity index (χ1n) is 5.25. The number of hydrogen-bond donors (Lipinski definition) is 0. The minimum atomic E-state index is 0.324. The molecule has 0 radical (unpaired) electrons. The minimum absolute atomic E-state index is 0.324. The van der Waals surface area contributed by atoms with Gasteiger partial charge in [0.2, 0.25) is 0 Å². The Hall–Kier alpha value is -1.71. The zero-order valence-corrected chi connectivity index (χ0v) is 8.37. The molecule has 0 fully saturated rings. The van der Waals surface area contributed by atoms with Gasteiger partial charge in [-0.2, -0.15) is 0 Å². The maximum absolute atomic E-state index is 3.99. The summed E-state index contributed by atoms with van der Waals surface area (Å²) in [5.74, 6) is 0. The van der Waals surface area contributed by atoms with Gasteiger partial charge in [-0.25, -0.2) is 4.68 Å². The zero-order valence-electron chi connectivity index (χ0n) is 8.37. The van der Waals surface area contributed by atoms with Crippen molar-refractivity contribution in [2.24, 2.45) is 0 Å². The van der Waals surface area contributed by atoms with Gasteiger partial charge in [-0.15, -0.1) is 5.10 Å². The highest BCUT2D eigenvalue weighted by Gasteiger charge is 2.21. The normalized spacial score (nSPS) is 19.9. The van der Waals surface area contributed by atoms with Gasteiger partial charge in [-0.3, -0.25) is 0 Å². The van der Waals surface area contributed by atoms with Crippen molar-refractivity contribution in [3.63, 3.8) is 0 Å². The zero-order chi connectivity index (χ0) is 10.1. The molecule has 0 N–H and O–H groups in total. The van der Waals surface area contributed by atoms with Gasteiger partial charge in [0, 0.05) is 0 Å². The number of benzene rings is 1. The van der Waals surface area contributed by atoms with Crippen LogP contribution in [0.2, 0.25) is 0 Å². The Labute approximate surface area is 87.9 Å². The Morgan fingerprint density at radius 1 is 1.27 bits per heavy atom. The second-order valence-electron chi connectivity index (χ2n) is 3.90. The van der Waals surface area contributed by atoms with Crippen molar-refractivity contribution >= 4 is 0 Å². The molecule has 1 aromatic carbocycles. The second kappa shape index (κ2) is 3.46. The average Bonchev–Trinajstić information content (AvgIpc) is 2.82. The Bertz CT molecular complexity index is 449. The largest absolute Gasteiger partial charge is 0.225 e. The van der Waals surface area contributed by atoms with Gasteiger partial charge >= 0.3 is 0 Å². The van der Waals surface area contributed by atoms with Gasteiger partial charge < -0.3 is 0 Å². The molecular formula is C11H12N4. The van der Waals surface area contributed by atoms with Gasteiger partial charge in [-0.1, -0.05) is 24.3 Å². The summed E-state index contributed by atoms with van der Waals surface area (Å²) in [5, 5.41) is 11.4. The molecule has 1 aromatic heterocycles. The summed E-state index contributed by atoms with van der Waals surface area (Å²) >= 11 is 0. The fourth-order valence-corrected chi connectivity index (χ4v) is 2.31. The summed E-state index contributed by atoms with van der Waals surface area (Å²) in [6, 6.07) is 8.89. The third kappa shape index (κ3) is 1.42. The molecule has 0 saturated carbocycles. The molecule has 4 nitrogen and oxygen atoms in total. The number of aryl methyl sites for hydroxylation is 1. The predicted octanol–water partition coefficient (Wildman–Crippen LogP) is 1.60. The highest BCUT2D eigenvalue weighted by atomic mass is 15.5. The standard InChI is InChI=1S/C11H12N4/c1-2-6-10-9(4-1)5-3-7-11(10)15-8-12-13-14-15/h1-2,4,6,8,11H,3,5,7H2. The van der Waals surface area contributed by atoms with E-state index in [2.05, 4.69) is 39.8 Å². The molecular weight excluding hydrogens is 188 g/mol. The van der Waals surface area contributed by atoms with E-state index in [4.69, 9.17) is 0 Å². The van der Waals surface area contributed by atoms with Crippen molar-refractivity contribution in [2.45, 2.75) is 25.3 Å². The Morgan fingerprint density at radius 3 is 3.07 bits per heavy atom. The van der Waals surface area contributed by atoms with E-state index in [-0.39, 0.29) is 0 Å². The van der Waals surface area contributed by atoms with Crippen LogP contribution in [-0.2, 0) is 6.42 Å². The van der Waals surface area contributed by atoms with E-state index in [0.717, 1.165) is 6.42 Å². The Morgan fingerprint density at radius 2 is 2.20 bits per heavy atom. The van der Waals surface area contributed by atoms with Crippen LogP contribution in [0, 0.1) is 0 Å². The van der Waals surface area contributed by atoms with Crippen molar-refractivity contribution < 1.29 is 0 Å². The lowest BCUT2D eigenvalue weighted by molar-refractivity contribution is 0.440. The van der Waals surface area contributed by atoms with E-state index in [1.807, 2.05) is 4.68 Å². The third-order valence-electron chi connectivity index (χ3n) is 3.02. The van der Waals surface area contributed by atoms with E-state index in [9.17, 15) is 0 Å². The van der Waals surface area contributed by atoms with Crippen LogP contribution >= 0.6 is 0 Å². The lowest BCUT2D eigenvalue weighted by Gasteiger charge is -2.24. The van der Waals surface area contributed by atoms with Crippen LogP contribution in [0.25, 0.3) is 0 Å². The monoisotopic (exact) mass is 200 g/mol. The first-order chi connectivity index (χ1) is 7.45. The summed E-state index contributed by atoms with van der Waals surface area (Å²) in [6.45, 7) is 0. The summed E-state index contributed by atoms with van der Waals surface area (Å²) in [7, 11) is 0. The van der Waals surface area contributed by atoms with Gasteiger partial charge in [0.05, 0.1) is 6.04 Å². The van der Waals surface area contributed by atoms with Crippen molar-refractivity contribution in [1.82, 2.24) is 20.2 Å². The smallest absolute Gasteiger partial charge is 0.138 e. The van der Waals surface area contributed by atoms with E-state index in [0.29, 0.717) is 6.04 Å². The number of fused-ring (bicyclic) bond motifs is 1. The van der Waals surface area contributed by atoms with Crippen molar-refractivity contribution in [3.8, 4) is 0 Å². The van der Waals surface area contributed by atoms with Crippen LogP contribution in [0.5, 0.6) is 0 Å². The lowest BCUT2D eigenvalue weighted by atomic mass is 9.88. The fourth-order valence-electron chi connectivity index (χ4n) is 2.31. The summed E-state index contributed by atoms with van der Waals surface area (Å²) in [4.78, 5) is 0. The molecule has 0 saturated heterocycles. The van der Waals surface area contributed by atoms with Crippen LogP contribution in [0.3, 0.4) is 0 Å². The SMILES string of the molecule is c1ccc2c(c1)CCCC2n1cnnn1. The topological polar surface area (TPSA) is 43.6 Å². The first kappa shape index (κ1) is 8.59.